The van der Waals surface area contributed by atoms with Crippen molar-refractivity contribution in [2.45, 2.75) is 83.3 Å². The third-order valence-corrected chi connectivity index (χ3v) is 11.2. The summed E-state index contributed by atoms with van der Waals surface area (Å²) in [5, 5.41) is 5.48. The van der Waals surface area contributed by atoms with Crippen molar-refractivity contribution < 1.29 is 33.0 Å². The highest BCUT2D eigenvalue weighted by Crippen LogP contribution is 2.39. The van der Waals surface area contributed by atoms with Crippen LogP contribution < -0.4 is 5.32 Å². The molecule has 0 radical (unpaired) electrons. The number of amides is 1. The van der Waals surface area contributed by atoms with Crippen LogP contribution in [-0.4, -0.2) is 84.9 Å². The normalized spacial score (nSPS) is 23.1. The molecule has 3 aliphatic rings. The Kier molecular flexibility index (Phi) is 11.7. The van der Waals surface area contributed by atoms with Crippen molar-refractivity contribution in [1.82, 2.24) is 9.80 Å². The van der Waals surface area contributed by atoms with Gasteiger partial charge in [0.05, 0.1) is 41.0 Å². The third-order valence-electron chi connectivity index (χ3n) is 9.96. The fraction of sp³-hybridized carbons (Fsp3) is 0.541. The largest absolute Gasteiger partial charge is 0.466 e. The maximum absolute atomic E-state index is 15.9. The molecule has 6 rings (SSSR count). The van der Waals surface area contributed by atoms with Crippen LogP contribution in [0.2, 0.25) is 5.02 Å². The van der Waals surface area contributed by atoms with Gasteiger partial charge in [-0.2, -0.15) is 0 Å². The highest BCUT2D eigenvalue weighted by molar-refractivity contribution is 7.17. The van der Waals surface area contributed by atoms with Gasteiger partial charge in [0.15, 0.2) is 5.78 Å². The zero-order valence-corrected chi connectivity index (χ0v) is 29.8. The van der Waals surface area contributed by atoms with E-state index < -0.39 is 11.7 Å². The molecule has 0 bridgehead atoms. The topological polar surface area (TPSA) is 97.4 Å². The second kappa shape index (κ2) is 16.0. The molecule has 2 saturated heterocycles. The Morgan fingerprint density at radius 2 is 1.73 bits per heavy atom. The number of Topliss-reactive ketones (excluding diaryl/α,β-unsaturated/α-hetero) is 1. The number of ketones is 1. The predicted octanol–water partition coefficient (Wildman–Crippen LogP) is 7.06. The minimum absolute atomic E-state index is 0.0441. The number of nitrogens with one attached hydrogen (secondary N) is 1. The summed E-state index contributed by atoms with van der Waals surface area (Å²) in [7, 11) is 0. The number of anilines is 1. The van der Waals surface area contributed by atoms with Crippen molar-refractivity contribution in [3.8, 4) is 0 Å². The number of ether oxygens (including phenoxy) is 3. The SMILES string of the molecule is CCOC(=O)C1CCC(OC(C(=O)Cc2cc(Cl)c(NC(=O)c3csc4ccccc34)cc2F)(N2CCCC2)N2CC[C@@H](OCC)C2)CC1. The minimum Gasteiger partial charge on any atom is -0.466 e. The first kappa shape index (κ1) is 35.9. The van der Waals surface area contributed by atoms with Crippen molar-refractivity contribution >= 4 is 56.4 Å². The number of benzene rings is 2. The fourth-order valence-corrected chi connectivity index (χ4v) is 8.70. The number of likely N-dealkylation sites (tertiary alicyclic amines) is 2. The van der Waals surface area contributed by atoms with Gasteiger partial charge >= 0.3 is 5.97 Å². The van der Waals surface area contributed by atoms with E-state index in [1.807, 2.05) is 31.2 Å². The molecule has 1 aliphatic carbocycles. The molecule has 0 spiro atoms. The van der Waals surface area contributed by atoms with E-state index in [9.17, 15) is 14.4 Å². The Morgan fingerprint density at radius 1 is 0.980 bits per heavy atom. The van der Waals surface area contributed by atoms with Gasteiger partial charge in [-0.25, -0.2) is 4.39 Å². The Labute approximate surface area is 296 Å². The molecule has 3 fully saturated rings. The molecule has 1 aromatic heterocycles. The van der Waals surface area contributed by atoms with Crippen LogP contribution in [0.3, 0.4) is 0 Å². The van der Waals surface area contributed by atoms with Gasteiger partial charge in [0.1, 0.15) is 5.82 Å². The smallest absolute Gasteiger partial charge is 0.308 e. The number of halogens is 2. The molecule has 2 aliphatic heterocycles. The van der Waals surface area contributed by atoms with E-state index in [-0.39, 0.29) is 58.5 Å². The first-order chi connectivity index (χ1) is 23.7. The standard InChI is InChI=1S/C37H45ClFN3O6S/c1-3-46-27-15-18-42(22-27)37(41-16-7-8-17-41,48-26-13-11-24(12-14-26)36(45)47-4-2)34(43)20-25-19-30(38)32(21-31(25)39)40-35(44)29-23-49-33-10-6-5-9-28(29)33/h5-6,9-10,19,21,23-24,26-27H,3-4,7-8,11-18,20,22H2,1-2H3,(H,40,44)/t24?,26?,27-,37?/m1/s1. The molecule has 1 saturated carbocycles. The van der Waals surface area contributed by atoms with Crippen molar-refractivity contribution in [2.24, 2.45) is 5.92 Å². The third kappa shape index (κ3) is 7.72. The molecule has 2 aromatic carbocycles. The van der Waals surface area contributed by atoms with Crippen LogP contribution in [0.15, 0.2) is 41.8 Å². The first-order valence-electron chi connectivity index (χ1n) is 17.5. The summed E-state index contributed by atoms with van der Waals surface area (Å²) in [4.78, 5) is 44.6. The van der Waals surface area contributed by atoms with Crippen LogP contribution in [0.25, 0.3) is 10.1 Å². The molecule has 3 heterocycles. The summed E-state index contributed by atoms with van der Waals surface area (Å²) < 4.78 is 35.1. The molecular formula is C37H45ClFN3O6S. The maximum atomic E-state index is 15.9. The molecule has 1 N–H and O–H groups in total. The summed E-state index contributed by atoms with van der Waals surface area (Å²) in [5.41, 5.74) is 0.749. The first-order valence-corrected chi connectivity index (χ1v) is 18.7. The molecular weight excluding hydrogens is 669 g/mol. The van der Waals surface area contributed by atoms with Crippen molar-refractivity contribution in [1.29, 1.82) is 0 Å². The van der Waals surface area contributed by atoms with E-state index in [1.54, 1.807) is 12.3 Å². The van der Waals surface area contributed by atoms with Gasteiger partial charge in [-0.05, 0) is 82.6 Å². The van der Waals surface area contributed by atoms with Crippen LogP contribution in [0.5, 0.6) is 0 Å². The Balaban J connectivity index is 1.26. The number of carbonyl (C=O) groups is 3. The van der Waals surface area contributed by atoms with Crippen LogP contribution >= 0.6 is 22.9 Å². The zero-order valence-electron chi connectivity index (χ0n) is 28.2. The van der Waals surface area contributed by atoms with Crippen molar-refractivity contribution in [3.05, 3.63) is 63.7 Å². The zero-order chi connectivity index (χ0) is 34.5. The van der Waals surface area contributed by atoms with Crippen LogP contribution in [0.1, 0.15) is 74.7 Å². The molecule has 1 amide bonds. The average Bonchev–Trinajstić information content (AvgIpc) is 3.89. The molecule has 12 heteroatoms. The Hall–Kier alpha value is -2.93. The van der Waals surface area contributed by atoms with E-state index in [1.165, 1.54) is 23.5 Å². The predicted molar refractivity (Wildman–Crippen MR) is 189 cm³/mol. The molecule has 49 heavy (non-hydrogen) atoms. The molecule has 1 unspecified atom stereocenters. The lowest BCUT2D eigenvalue weighted by atomic mass is 9.87. The number of fused-ring (bicyclic) bond motifs is 1. The lowest BCUT2D eigenvalue weighted by molar-refractivity contribution is -0.253. The van der Waals surface area contributed by atoms with E-state index in [0.717, 1.165) is 29.3 Å². The number of carbonyl (C=O) groups excluding carboxylic acids is 3. The van der Waals surface area contributed by atoms with E-state index >= 15 is 4.39 Å². The fourth-order valence-electron chi connectivity index (χ4n) is 7.52. The number of thiophene rings is 1. The van der Waals surface area contributed by atoms with Gasteiger partial charge < -0.3 is 19.5 Å². The summed E-state index contributed by atoms with van der Waals surface area (Å²) in [6.07, 6.45) is 4.50. The highest BCUT2D eigenvalue weighted by atomic mass is 35.5. The van der Waals surface area contributed by atoms with E-state index in [4.69, 9.17) is 25.8 Å². The summed E-state index contributed by atoms with van der Waals surface area (Å²) in [6, 6.07) is 10.2. The number of nitrogens with zero attached hydrogens (tertiary/aromatic N) is 2. The quantitative estimate of drug-likeness (QED) is 0.188. The van der Waals surface area contributed by atoms with Crippen LogP contribution in [0, 0.1) is 11.7 Å². The molecule has 9 nitrogen and oxygen atoms in total. The van der Waals surface area contributed by atoms with Crippen molar-refractivity contribution in [3.63, 3.8) is 0 Å². The summed E-state index contributed by atoms with van der Waals surface area (Å²) >= 11 is 8.11. The Morgan fingerprint density at radius 3 is 2.47 bits per heavy atom. The van der Waals surface area contributed by atoms with Crippen LogP contribution in [-0.2, 0) is 30.2 Å². The van der Waals surface area contributed by atoms with Gasteiger partial charge in [0.2, 0.25) is 5.85 Å². The molecule has 264 valence electrons. The number of hydrogen-bond donors (Lipinski definition) is 1. The number of esters is 1. The number of rotatable bonds is 13. The molecule has 3 aromatic rings. The van der Waals surface area contributed by atoms with Gasteiger partial charge in [0.25, 0.3) is 5.91 Å². The number of hydrogen-bond acceptors (Lipinski definition) is 9. The monoisotopic (exact) mass is 713 g/mol. The van der Waals surface area contributed by atoms with Gasteiger partial charge in [-0.15, -0.1) is 11.3 Å². The maximum Gasteiger partial charge on any atom is 0.308 e. The van der Waals surface area contributed by atoms with E-state index in [2.05, 4.69) is 15.1 Å². The average molecular weight is 714 g/mol. The second-order valence-corrected chi connectivity index (χ2v) is 14.4. The van der Waals surface area contributed by atoms with Crippen LogP contribution in [0.4, 0.5) is 10.1 Å². The van der Waals surface area contributed by atoms with Gasteiger partial charge in [0, 0.05) is 54.7 Å². The second-order valence-electron chi connectivity index (χ2n) is 13.1. The van der Waals surface area contributed by atoms with Crippen molar-refractivity contribution in [2.75, 3.05) is 44.7 Å². The summed E-state index contributed by atoms with van der Waals surface area (Å²) in [6.45, 7) is 7.13. The van der Waals surface area contributed by atoms with Gasteiger partial charge in [-0.1, -0.05) is 29.8 Å². The Bertz CT molecular complexity index is 1660. The molecule has 2 atom stereocenters. The lowest BCUT2D eigenvalue weighted by Crippen LogP contribution is -2.67. The van der Waals surface area contributed by atoms with E-state index in [0.29, 0.717) is 70.6 Å². The highest BCUT2D eigenvalue weighted by Gasteiger charge is 2.54. The summed E-state index contributed by atoms with van der Waals surface area (Å²) in [5.74, 6) is -3.08. The van der Waals surface area contributed by atoms with Gasteiger partial charge in [-0.3, -0.25) is 24.2 Å². The lowest BCUT2D eigenvalue weighted by Gasteiger charge is -2.48. The minimum atomic E-state index is -1.42.